The second-order valence-corrected chi connectivity index (χ2v) is 10.1. The van der Waals surface area contributed by atoms with Crippen molar-refractivity contribution in [3.8, 4) is 11.1 Å². The Morgan fingerprint density at radius 3 is 2.12 bits per heavy atom. The van der Waals surface area contributed by atoms with E-state index in [1.165, 1.54) is 0 Å². The van der Waals surface area contributed by atoms with Gasteiger partial charge >= 0.3 is 12.1 Å². The molecule has 0 spiro atoms. The number of hydrogen-bond acceptors (Lipinski definition) is 4. The number of amides is 2. The molecule has 1 fully saturated rings. The van der Waals surface area contributed by atoms with Crippen molar-refractivity contribution in [3.05, 3.63) is 59.7 Å². The van der Waals surface area contributed by atoms with Crippen molar-refractivity contribution in [2.24, 2.45) is 5.41 Å². The lowest BCUT2D eigenvalue weighted by Crippen LogP contribution is -2.54. The molecule has 0 saturated heterocycles. The van der Waals surface area contributed by atoms with Crippen molar-refractivity contribution in [2.45, 2.75) is 57.4 Å². The van der Waals surface area contributed by atoms with Gasteiger partial charge in [0, 0.05) is 18.0 Å². The van der Waals surface area contributed by atoms with Crippen LogP contribution in [0.5, 0.6) is 0 Å². The molecule has 0 aliphatic heterocycles. The highest BCUT2D eigenvalue weighted by Gasteiger charge is 2.43. The van der Waals surface area contributed by atoms with Crippen molar-refractivity contribution in [1.29, 1.82) is 0 Å². The van der Waals surface area contributed by atoms with Gasteiger partial charge in [0.2, 0.25) is 5.91 Å². The molecule has 2 aliphatic rings. The number of carbonyl (C=O) groups is 3. The number of carbonyl (C=O) groups excluding carboxylic acids is 2. The number of benzene rings is 2. The van der Waals surface area contributed by atoms with Crippen LogP contribution in [0.15, 0.2) is 48.5 Å². The van der Waals surface area contributed by atoms with Crippen LogP contribution in [0, 0.1) is 5.41 Å². The minimum atomic E-state index is -0.970. The first-order valence-corrected chi connectivity index (χ1v) is 11.8. The van der Waals surface area contributed by atoms with Crippen LogP contribution in [-0.4, -0.2) is 41.8 Å². The van der Waals surface area contributed by atoms with Gasteiger partial charge in [-0.05, 0) is 48.9 Å². The first-order valence-electron chi connectivity index (χ1n) is 11.8. The summed E-state index contributed by atoms with van der Waals surface area (Å²) in [7, 11) is 0. The van der Waals surface area contributed by atoms with Crippen molar-refractivity contribution in [2.75, 3.05) is 13.2 Å². The molecule has 0 atom stereocenters. The summed E-state index contributed by atoms with van der Waals surface area (Å²) in [4.78, 5) is 36.9. The van der Waals surface area contributed by atoms with Crippen LogP contribution >= 0.6 is 0 Å². The third-order valence-electron chi connectivity index (χ3n) is 7.00. The monoisotopic (exact) mass is 464 g/mol. The van der Waals surface area contributed by atoms with E-state index >= 15 is 0 Å². The lowest BCUT2D eigenvalue weighted by Gasteiger charge is -2.33. The average Bonchev–Trinajstić information content (AvgIpc) is 3.39. The number of rotatable bonds is 8. The number of nitrogens with one attached hydrogen (secondary N) is 2. The highest BCUT2D eigenvalue weighted by atomic mass is 16.5. The molecule has 7 heteroatoms. The number of ether oxygens (including phenoxy) is 1. The molecule has 0 bridgehead atoms. The topological polar surface area (TPSA) is 105 Å². The number of carboxylic acids is 1. The van der Waals surface area contributed by atoms with Gasteiger partial charge in [0.1, 0.15) is 6.61 Å². The van der Waals surface area contributed by atoms with E-state index in [1.54, 1.807) is 13.8 Å². The van der Waals surface area contributed by atoms with Gasteiger partial charge in [0.05, 0.1) is 11.8 Å². The van der Waals surface area contributed by atoms with Gasteiger partial charge in [-0.1, -0.05) is 61.4 Å². The van der Waals surface area contributed by atoms with Gasteiger partial charge < -0.3 is 20.5 Å². The summed E-state index contributed by atoms with van der Waals surface area (Å²) >= 11 is 0. The van der Waals surface area contributed by atoms with Crippen molar-refractivity contribution in [3.63, 3.8) is 0 Å². The molecule has 2 aromatic rings. The molecule has 34 heavy (non-hydrogen) atoms. The average molecular weight is 465 g/mol. The Hall–Kier alpha value is -3.35. The molecule has 1 saturated carbocycles. The summed E-state index contributed by atoms with van der Waals surface area (Å²) in [6.07, 6.45) is 2.34. The van der Waals surface area contributed by atoms with Gasteiger partial charge in [-0.15, -0.1) is 0 Å². The Morgan fingerprint density at radius 2 is 1.56 bits per heavy atom. The fourth-order valence-electron chi connectivity index (χ4n) is 5.29. The molecular formula is C27H32N2O5. The molecule has 180 valence electrons. The smallest absolute Gasteiger partial charge is 0.407 e. The van der Waals surface area contributed by atoms with Crippen molar-refractivity contribution in [1.82, 2.24) is 10.6 Å². The molecule has 7 nitrogen and oxygen atoms in total. The maximum absolute atomic E-state index is 13.1. The van der Waals surface area contributed by atoms with Crippen LogP contribution in [0.4, 0.5) is 4.79 Å². The third kappa shape index (κ3) is 4.93. The quantitative estimate of drug-likeness (QED) is 0.535. The van der Waals surface area contributed by atoms with Gasteiger partial charge in [-0.2, -0.15) is 0 Å². The molecule has 2 aromatic carbocycles. The highest BCUT2D eigenvalue weighted by molar-refractivity contribution is 5.85. The zero-order valence-corrected chi connectivity index (χ0v) is 19.7. The van der Waals surface area contributed by atoms with E-state index in [4.69, 9.17) is 9.84 Å². The SMILES string of the molecule is CC(C)(CC(=O)O)NC(=O)C1(CNC(=O)OCC2c3ccccc3-c3ccccc32)CCCC1. The number of carboxylic acid groups (broad SMARTS) is 1. The Kier molecular flexibility index (Phi) is 6.64. The van der Waals surface area contributed by atoms with E-state index in [2.05, 4.69) is 34.9 Å². The fraction of sp³-hybridized carbons (Fsp3) is 0.444. The van der Waals surface area contributed by atoms with E-state index in [1.807, 2.05) is 24.3 Å². The maximum atomic E-state index is 13.1. The molecule has 0 aromatic heterocycles. The third-order valence-corrected chi connectivity index (χ3v) is 7.00. The second-order valence-electron chi connectivity index (χ2n) is 10.1. The molecule has 2 amide bonds. The summed E-state index contributed by atoms with van der Waals surface area (Å²) in [5.74, 6) is -1.21. The Labute approximate surface area is 199 Å². The minimum absolute atomic E-state index is 0.0290. The lowest BCUT2D eigenvalue weighted by molar-refractivity contribution is -0.139. The fourth-order valence-corrected chi connectivity index (χ4v) is 5.29. The number of hydrogen-bond donors (Lipinski definition) is 3. The van der Waals surface area contributed by atoms with Gasteiger partial charge in [-0.25, -0.2) is 4.79 Å². The molecular weight excluding hydrogens is 432 g/mol. The molecule has 3 N–H and O–H groups in total. The van der Waals surface area contributed by atoms with Crippen LogP contribution in [0.3, 0.4) is 0 Å². The van der Waals surface area contributed by atoms with Crippen LogP contribution in [-0.2, 0) is 14.3 Å². The van der Waals surface area contributed by atoms with E-state index < -0.39 is 23.0 Å². The number of aliphatic carboxylic acids is 1. The lowest BCUT2D eigenvalue weighted by atomic mass is 9.83. The highest BCUT2D eigenvalue weighted by Crippen LogP contribution is 2.44. The summed E-state index contributed by atoms with van der Waals surface area (Å²) in [6, 6.07) is 16.3. The van der Waals surface area contributed by atoms with Crippen LogP contribution < -0.4 is 10.6 Å². The summed E-state index contributed by atoms with van der Waals surface area (Å²) in [5, 5.41) is 14.8. The van der Waals surface area contributed by atoms with Gasteiger partial charge in [0.15, 0.2) is 0 Å². The summed E-state index contributed by atoms with van der Waals surface area (Å²) < 4.78 is 5.62. The van der Waals surface area contributed by atoms with E-state index in [9.17, 15) is 14.4 Å². The van der Waals surface area contributed by atoms with E-state index in [-0.39, 0.29) is 31.4 Å². The Bertz CT molecular complexity index is 1040. The predicted octanol–water partition coefficient (Wildman–Crippen LogP) is 4.46. The normalized spacial score (nSPS) is 16.4. The van der Waals surface area contributed by atoms with Crippen molar-refractivity contribution < 1.29 is 24.2 Å². The predicted molar refractivity (Wildman–Crippen MR) is 128 cm³/mol. The summed E-state index contributed by atoms with van der Waals surface area (Å²) in [6.45, 7) is 3.77. The zero-order chi connectivity index (χ0) is 24.3. The largest absolute Gasteiger partial charge is 0.481 e. The second kappa shape index (κ2) is 9.49. The first-order chi connectivity index (χ1) is 16.2. The van der Waals surface area contributed by atoms with E-state index in [0.717, 1.165) is 35.1 Å². The van der Waals surface area contributed by atoms with Crippen LogP contribution in [0.1, 0.15) is 63.0 Å². The van der Waals surface area contributed by atoms with Gasteiger partial charge in [0.25, 0.3) is 0 Å². The Balaban J connectivity index is 1.38. The number of alkyl carbamates (subject to hydrolysis) is 1. The minimum Gasteiger partial charge on any atom is -0.481 e. The zero-order valence-electron chi connectivity index (χ0n) is 19.7. The Morgan fingerprint density at radius 1 is 1.00 bits per heavy atom. The summed E-state index contributed by atoms with van der Waals surface area (Å²) in [5.41, 5.74) is 2.99. The molecule has 0 unspecified atom stereocenters. The molecule has 0 radical (unpaired) electrons. The van der Waals surface area contributed by atoms with E-state index in [0.29, 0.717) is 12.8 Å². The first kappa shape index (κ1) is 23.8. The molecule has 0 heterocycles. The van der Waals surface area contributed by atoms with Gasteiger partial charge in [-0.3, -0.25) is 9.59 Å². The number of fused-ring (bicyclic) bond motifs is 3. The van der Waals surface area contributed by atoms with Crippen LogP contribution in [0.25, 0.3) is 11.1 Å². The van der Waals surface area contributed by atoms with Crippen molar-refractivity contribution >= 4 is 18.0 Å². The van der Waals surface area contributed by atoms with Crippen LogP contribution in [0.2, 0.25) is 0 Å². The molecule has 2 aliphatic carbocycles. The molecule has 4 rings (SSSR count). The maximum Gasteiger partial charge on any atom is 0.407 e. The standard InChI is InChI=1S/C27H32N2O5/c1-26(2,15-23(30)31)29-24(32)27(13-7-8-14-27)17-28-25(33)34-16-22-20-11-5-3-9-18(20)19-10-4-6-12-21(19)22/h3-6,9-12,22H,7-8,13-17H2,1-2H3,(H,28,33)(H,29,32)(H,30,31).